The fourth-order valence-corrected chi connectivity index (χ4v) is 2.60. The van der Waals surface area contributed by atoms with Gasteiger partial charge in [-0.2, -0.15) is 0 Å². The van der Waals surface area contributed by atoms with E-state index in [1.807, 2.05) is 0 Å². The van der Waals surface area contributed by atoms with Crippen LogP contribution in [0.15, 0.2) is 0 Å². The summed E-state index contributed by atoms with van der Waals surface area (Å²) in [6.45, 7) is 1.09. The van der Waals surface area contributed by atoms with Gasteiger partial charge in [-0.15, -0.1) is 0 Å². The monoisotopic (exact) mass is 198 g/mol. The van der Waals surface area contributed by atoms with Crippen molar-refractivity contribution in [1.82, 2.24) is 10.4 Å². The van der Waals surface area contributed by atoms with Crippen molar-refractivity contribution in [2.75, 3.05) is 20.7 Å². The van der Waals surface area contributed by atoms with Crippen LogP contribution in [0.25, 0.3) is 0 Å². The molecule has 14 heavy (non-hydrogen) atoms. The van der Waals surface area contributed by atoms with Gasteiger partial charge in [-0.3, -0.25) is 9.63 Å². The molecule has 0 aromatic carbocycles. The summed E-state index contributed by atoms with van der Waals surface area (Å²) in [7, 11) is 3.22. The summed E-state index contributed by atoms with van der Waals surface area (Å²) in [6, 6.07) is 0.380. The number of amides is 1. The first-order chi connectivity index (χ1) is 6.72. The van der Waals surface area contributed by atoms with E-state index in [1.165, 1.54) is 18.6 Å². The van der Waals surface area contributed by atoms with Gasteiger partial charge in [0.25, 0.3) is 5.91 Å². The summed E-state index contributed by atoms with van der Waals surface area (Å²) in [5, 5.41) is 4.78. The van der Waals surface area contributed by atoms with E-state index in [2.05, 4.69) is 5.32 Å². The lowest BCUT2D eigenvalue weighted by atomic mass is 9.73. The second-order valence-electron chi connectivity index (χ2n) is 4.32. The van der Waals surface area contributed by atoms with Crippen molar-refractivity contribution in [3.8, 4) is 0 Å². The first-order valence-electron chi connectivity index (χ1n) is 5.27. The lowest BCUT2D eigenvalue weighted by Gasteiger charge is -2.43. The number of fused-ring (bicyclic) bond motifs is 3. The molecule has 1 N–H and O–H groups in total. The first kappa shape index (κ1) is 9.93. The Morgan fingerprint density at radius 2 is 2.29 bits per heavy atom. The summed E-state index contributed by atoms with van der Waals surface area (Å²) in [6.07, 6.45) is 3.45. The predicted molar refractivity (Wildman–Crippen MR) is 52.4 cm³/mol. The molecule has 2 saturated heterocycles. The Kier molecular flexibility index (Phi) is 2.74. The molecule has 0 radical (unpaired) electrons. The van der Waals surface area contributed by atoms with Gasteiger partial charge in [0.1, 0.15) is 0 Å². The highest BCUT2D eigenvalue weighted by molar-refractivity contribution is 5.78. The van der Waals surface area contributed by atoms with E-state index in [9.17, 15) is 4.79 Å². The fourth-order valence-electron chi connectivity index (χ4n) is 2.60. The minimum absolute atomic E-state index is 0.120. The van der Waals surface area contributed by atoms with E-state index in [-0.39, 0.29) is 11.8 Å². The van der Waals surface area contributed by atoms with Crippen LogP contribution in [-0.4, -0.2) is 37.7 Å². The van der Waals surface area contributed by atoms with Gasteiger partial charge in [-0.1, -0.05) is 0 Å². The number of nitrogens with one attached hydrogen (secondary N) is 1. The number of hydrogen-bond donors (Lipinski definition) is 1. The number of piperidine rings is 2. The summed E-state index contributed by atoms with van der Waals surface area (Å²) in [5.41, 5.74) is 0. The van der Waals surface area contributed by atoms with Crippen molar-refractivity contribution in [3.63, 3.8) is 0 Å². The van der Waals surface area contributed by atoms with Crippen LogP contribution in [0.5, 0.6) is 0 Å². The number of hydroxylamine groups is 2. The maximum Gasteiger partial charge on any atom is 0.250 e. The molecule has 1 saturated carbocycles. The molecular formula is C10H18N2O2. The van der Waals surface area contributed by atoms with Gasteiger partial charge in [0, 0.05) is 13.1 Å². The fraction of sp³-hybridized carbons (Fsp3) is 0.900. The van der Waals surface area contributed by atoms with E-state index in [4.69, 9.17) is 4.84 Å². The minimum Gasteiger partial charge on any atom is -0.313 e. The Balaban J connectivity index is 2.01. The number of carbonyl (C=O) groups excluding carboxylic acids is 1. The van der Waals surface area contributed by atoms with Crippen molar-refractivity contribution >= 4 is 5.91 Å². The summed E-state index contributed by atoms with van der Waals surface area (Å²) >= 11 is 0. The number of rotatable bonds is 2. The summed E-state index contributed by atoms with van der Waals surface area (Å²) < 4.78 is 0. The lowest BCUT2D eigenvalue weighted by molar-refractivity contribution is -0.177. The molecule has 0 aromatic heterocycles. The molecule has 3 fully saturated rings. The highest BCUT2D eigenvalue weighted by Gasteiger charge is 2.40. The second kappa shape index (κ2) is 3.87. The molecule has 2 bridgehead atoms. The third-order valence-corrected chi connectivity index (χ3v) is 3.53. The van der Waals surface area contributed by atoms with E-state index in [0.29, 0.717) is 12.0 Å². The van der Waals surface area contributed by atoms with Gasteiger partial charge in [0.15, 0.2) is 0 Å². The van der Waals surface area contributed by atoms with Crippen LogP contribution < -0.4 is 5.32 Å². The molecule has 4 nitrogen and oxygen atoms in total. The van der Waals surface area contributed by atoms with Gasteiger partial charge in [-0.25, -0.2) is 5.06 Å². The van der Waals surface area contributed by atoms with Crippen LogP contribution in [0, 0.1) is 11.8 Å². The van der Waals surface area contributed by atoms with E-state index < -0.39 is 0 Å². The molecule has 2 aliphatic heterocycles. The third-order valence-electron chi connectivity index (χ3n) is 3.53. The highest BCUT2D eigenvalue weighted by Crippen LogP contribution is 2.34. The zero-order valence-electron chi connectivity index (χ0n) is 8.82. The van der Waals surface area contributed by atoms with Crippen LogP contribution in [-0.2, 0) is 9.63 Å². The molecule has 0 aromatic rings. The second-order valence-corrected chi connectivity index (χ2v) is 4.32. The normalized spacial score (nSPS) is 35.7. The molecule has 3 unspecified atom stereocenters. The molecule has 1 aliphatic carbocycles. The van der Waals surface area contributed by atoms with Crippen LogP contribution in [0.4, 0.5) is 0 Å². The summed E-state index contributed by atoms with van der Waals surface area (Å²) in [4.78, 5) is 16.8. The molecule has 3 rings (SSSR count). The Hall–Kier alpha value is -0.610. The van der Waals surface area contributed by atoms with Gasteiger partial charge < -0.3 is 5.32 Å². The third kappa shape index (κ3) is 1.64. The quantitative estimate of drug-likeness (QED) is 0.653. The van der Waals surface area contributed by atoms with Crippen molar-refractivity contribution in [3.05, 3.63) is 0 Å². The van der Waals surface area contributed by atoms with E-state index in [1.54, 1.807) is 7.05 Å². The molecule has 4 heteroatoms. The van der Waals surface area contributed by atoms with Crippen LogP contribution in [0.1, 0.15) is 19.3 Å². The zero-order chi connectivity index (χ0) is 10.1. The first-order valence-corrected chi connectivity index (χ1v) is 5.27. The highest BCUT2D eigenvalue weighted by atomic mass is 16.7. The van der Waals surface area contributed by atoms with Gasteiger partial charge in [-0.05, 0) is 31.7 Å². The maximum absolute atomic E-state index is 11.9. The SMILES string of the molecule is CON(C)C(=O)C1CC2CCC1NC2. The number of hydrogen-bond acceptors (Lipinski definition) is 3. The molecule has 3 atom stereocenters. The largest absolute Gasteiger partial charge is 0.313 e. The molecule has 1 amide bonds. The Morgan fingerprint density at radius 1 is 1.50 bits per heavy atom. The zero-order valence-corrected chi connectivity index (χ0v) is 8.82. The van der Waals surface area contributed by atoms with Crippen molar-refractivity contribution in [1.29, 1.82) is 0 Å². The smallest absolute Gasteiger partial charge is 0.250 e. The van der Waals surface area contributed by atoms with Crippen LogP contribution in [0.3, 0.4) is 0 Å². The van der Waals surface area contributed by atoms with Crippen molar-refractivity contribution < 1.29 is 9.63 Å². The average Bonchev–Trinajstić information content (AvgIpc) is 2.28. The van der Waals surface area contributed by atoms with Crippen molar-refractivity contribution in [2.24, 2.45) is 11.8 Å². The lowest BCUT2D eigenvalue weighted by Crippen LogP contribution is -2.54. The van der Waals surface area contributed by atoms with Gasteiger partial charge in [0.05, 0.1) is 13.0 Å². The molecule has 0 spiro atoms. The summed E-state index contributed by atoms with van der Waals surface area (Å²) in [5.74, 6) is 0.945. The Bertz CT molecular complexity index is 224. The van der Waals surface area contributed by atoms with Crippen LogP contribution in [0.2, 0.25) is 0 Å². The van der Waals surface area contributed by atoms with Crippen molar-refractivity contribution in [2.45, 2.75) is 25.3 Å². The van der Waals surface area contributed by atoms with Crippen LogP contribution >= 0.6 is 0 Å². The predicted octanol–water partition coefficient (Wildman–Crippen LogP) is 0.394. The molecule has 2 heterocycles. The Labute approximate surface area is 84.6 Å². The minimum atomic E-state index is 0.120. The van der Waals surface area contributed by atoms with Gasteiger partial charge >= 0.3 is 0 Å². The molecule has 3 aliphatic rings. The average molecular weight is 198 g/mol. The van der Waals surface area contributed by atoms with E-state index in [0.717, 1.165) is 19.4 Å². The topological polar surface area (TPSA) is 41.6 Å². The maximum atomic E-state index is 11.9. The molecular weight excluding hydrogens is 180 g/mol. The Morgan fingerprint density at radius 3 is 2.71 bits per heavy atom. The number of nitrogens with zero attached hydrogens (tertiary/aromatic N) is 1. The molecule has 80 valence electrons. The van der Waals surface area contributed by atoms with E-state index >= 15 is 0 Å². The standard InChI is InChI=1S/C10H18N2O2/c1-12(14-2)10(13)8-5-7-3-4-9(8)11-6-7/h7-9,11H,3-6H2,1-2H3. The number of carbonyl (C=O) groups is 1. The van der Waals surface area contributed by atoms with Gasteiger partial charge in [0.2, 0.25) is 0 Å².